The van der Waals surface area contributed by atoms with Crippen LogP contribution in [-0.2, 0) is 14.4 Å². The SMILES string of the molecule is CC(=O)C(Oc1ccccc1)C(=O)ON1CCN(c2cc(C)nc(C)c2)CC1. The second-order valence-corrected chi connectivity index (χ2v) is 6.86. The summed E-state index contributed by atoms with van der Waals surface area (Å²) in [6, 6.07) is 12.9. The van der Waals surface area contributed by atoms with E-state index in [4.69, 9.17) is 9.57 Å². The molecule has 2 aromatic rings. The second-order valence-electron chi connectivity index (χ2n) is 6.86. The van der Waals surface area contributed by atoms with Crippen molar-refractivity contribution in [3.8, 4) is 5.75 Å². The number of hydrogen-bond acceptors (Lipinski definition) is 7. The lowest BCUT2D eigenvalue weighted by atomic mass is 10.2. The molecule has 1 atom stereocenters. The monoisotopic (exact) mass is 383 g/mol. The van der Waals surface area contributed by atoms with E-state index in [0.717, 1.165) is 17.1 Å². The van der Waals surface area contributed by atoms with E-state index in [1.54, 1.807) is 29.3 Å². The summed E-state index contributed by atoms with van der Waals surface area (Å²) in [5, 5.41) is 1.59. The molecule has 0 N–H and O–H groups in total. The highest BCUT2D eigenvalue weighted by molar-refractivity contribution is 6.01. The number of hydrogen-bond donors (Lipinski definition) is 0. The minimum atomic E-state index is -1.27. The van der Waals surface area contributed by atoms with Gasteiger partial charge in [0, 0.05) is 30.2 Å². The Hall–Kier alpha value is -2.93. The van der Waals surface area contributed by atoms with E-state index in [9.17, 15) is 9.59 Å². The first-order valence-electron chi connectivity index (χ1n) is 9.31. The Balaban J connectivity index is 1.56. The Labute approximate surface area is 164 Å². The van der Waals surface area contributed by atoms with E-state index in [2.05, 4.69) is 9.88 Å². The zero-order chi connectivity index (χ0) is 20.1. The molecule has 0 bridgehead atoms. The van der Waals surface area contributed by atoms with Gasteiger partial charge >= 0.3 is 5.97 Å². The van der Waals surface area contributed by atoms with Gasteiger partial charge in [-0.15, -0.1) is 5.06 Å². The van der Waals surface area contributed by atoms with Gasteiger partial charge in [-0.05, 0) is 45.0 Å². The number of para-hydroxylation sites is 1. The Kier molecular flexibility index (Phi) is 6.26. The number of ether oxygens (including phenoxy) is 1. The predicted octanol–water partition coefficient (Wildman–Crippen LogP) is 2.32. The Bertz CT molecular complexity index is 813. The van der Waals surface area contributed by atoms with Crippen LogP contribution in [0.5, 0.6) is 5.75 Å². The van der Waals surface area contributed by atoms with E-state index in [1.165, 1.54) is 6.92 Å². The lowest BCUT2D eigenvalue weighted by molar-refractivity contribution is -0.199. The quantitative estimate of drug-likeness (QED) is 0.709. The van der Waals surface area contributed by atoms with Crippen LogP contribution in [0.25, 0.3) is 0 Å². The highest BCUT2D eigenvalue weighted by Crippen LogP contribution is 2.19. The summed E-state index contributed by atoms with van der Waals surface area (Å²) in [7, 11) is 0. The molecule has 0 aliphatic carbocycles. The lowest BCUT2D eigenvalue weighted by Gasteiger charge is -2.35. The number of aryl methyl sites for hydroxylation is 2. The molecule has 1 aromatic carbocycles. The maximum atomic E-state index is 12.5. The normalized spacial score (nSPS) is 15.8. The van der Waals surface area contributed by atoms with Crippen molar-refractivity contribution in [2.45, 2.75) is 26.9 Å². The number of carbonyl (C=O) groups is 2. The van der Waals surface area contributed by atoms with Gasteiger partial charge in [0.05, 0.1) is 13.1 Å². The molecular formula is C21H25N3O4. The van der Waals surface area contributed by atoms with Crippen molar-refractivity contribution in [2.75, 3.05) is 31.1 Å². The summed E-state index contributed by atoms with van der Waals surface area (Å²) in [6.45, 7) is 7.78. The van der Waals surface area contributed by atoms with Crippen molar-refractivity contribution < 1.29 is 19.2 Å². The first kappa shape index (κ1) is 19.8. The van der Waals surface area contributed by atoms with Gasteiger partial charge < -0.3 is 14.5 Å². The van der Waals surface area contributed by atoms with Gasteiger partial charge in [0.1, 0.15) is 5.75 Å². The maximum Gasteiger partial charge on any atom is 0.374 e. The van der Waals surface area contributed by atoms with Gasteiger partial charge in [-0.1, -0.05) is 18.2 Å². The number of carbonyl (C=O) groups excluding carboxylic acids is 2. The number of piperazine rings is 1. The molecule has 0 spiro atoms. The summed E-state index contributed by atoms with van der Waals surface area (Å²) in [5.74, 6) is -0.636. The van der Waals surface area contributed by atoms with Crippen LogP contribution in [0.3, 0.4) is 0 Å². The zero-order valence-electron chi connectivity index (χ0n) is 16.4. The minimum Gasteiger partial charge on any atom is -0.471 e. The van der Waals surface area contributed by atoms with E-state index in [-0.39, 0.29) is 0 Å². The first-order chi connectivity index (χ1) is 13.4. The Morgan fingerprint density at radius 3 is 2.18 bits per heavy atom. The minimum absolute atomic E-state index is 0.393. The van der Waals surface area contributed by atoms with E-state index >= 15 is 0 Å². The second kappa shape index (κ2) is 8.84. The topological polar surface area (TPSA) is 72.0 Å². The number of benzene rings is 1. The van der Waals surface area contributed by atoms with Crippen LogP contribution in [0.2, 0.25) is 0 Å². The highest BCUT2D eigenvalue weighted by atomic mass is 16.7. The average Bonchev–Trinajstić information content (AvgIpc) is 2.66. The molecule has 7 heteroatoms. The fraction of sp³-hybridized carbons (Fsp3) is 0.381. The zero-order valence-corrected chi connectivity index (χ0v) is 16.4. The number of aromatic nitrogens is 1. The largest absolute Gasteiger partial charge is 0.471 e. The molecule has 1 aromatic heterocycles. The smallest absolute Gasteiger partial charge is 0.374 e. The van der Waals surface area contributed by atoms with Gasteiger partial charge in [-0.2, -0.15) is 0 Å². The summed E-state index contributed by atoms with van der Waals surface area (Å²) >= 11 is 0. The number of anilines is 1. The Morgan fingerprint density at radius 2 is 1.61 bits per heavy atom. The summed E-state index contributed by atoms with van der Waals surface area (Å²) in [5.41, 5.74) is 3.07. The van der Waals surface area contributed by atoms with Gasteiger partial charge in [-0.3, -0.25) is 9.78 Å². The van der Waals surface area contributed by atoms with Crippen LogP contribution in [0, 0.1) is 13.8 Å². The van der Waals surface area contributed by atoms with Crippen LogP contribution in [0.1, 0.15) is 18.3 Å². The first-order valence-corrected chi connectivity index (χ1v) is 9.31. The standard InChI is InChI=1S/C21H25N3O4/c1-15-13-18(14-16(2)22-15)23-9-11-24(12-10-23)28-21(26)20(17(3)25)27-19-7-5-4-6-8-19/h4-8,13-14,20H,9-12H2,1-3H3. The molecule has 3 rings (SSSR count). The van der Waals surface area contributed by atoms with Crippen LogP contribution in [-0.4, -0.2) is 54.1 Å². The summed E-state index contributed by atoms with van der Waals surface area (Å²) in [6.07, 6.45) is -1.27. The maximum absolute atomic E-state index is 12.5. The number of rotatable bonds is 6. The van der Waals surface area contributed by atoms with Crippen LogP contribution < -0.4 is 9.64 Å². The Morgan fingerprint density at radius 1 is 1.00 bits per heavy atom. The van der Waals surface area contributed by atoms with Gasteiger partial charge in [0.15, 0.2) is 5.78 Å². The number of hydroxylamine groups is 2. The van der Waals surface area contributed by atoms with Gasteiger partial charge in [0.2, 0.25) is 0 Å². The highest BCUT2D eigenvalue weighted by Gasteiger charge is 2.30. The van der Waals surface area contributed by atoms with E-state index in [0.29, 0.717) is 31.9 Å². The molecule has 1 aliphatic heterocycles. The molecule has 148 valence electrons. The molecule has 0 radical (unpaired) electrons. The van der Waals surface area contributed by atoms with Crippen molar-refractivity contribution >= 4 is 17.4 Å². The summed E-state index contributed by atoms with van der Waals surface area (Å²) in [4.78, 5) is 36.4. The molecule has 1 fully saturated rings. The fourth-order valence-corrected chi connectivity index (χ4v) is 3.14. The number of nitrogens with zero attached hydrogens (tertiary/aromatic N) is 3. The molecule has 2 heterocycles. The van der Waals surface area contributed by atoms with E-state index in [1.807, 2.05) is 32.0 Å². The summed E-state index contributed by atoms with van der Waals surface area (Å²) < 4.78 is 5.53. The molecule has 0 saturated carbocycles. The van der Waals surface area contributed by atoms with Crippen molar-refractivity contribution in [3.05, 3.63) is 53.9 Å². The van der Waals surface area contributed by atoms with Crippen molar-refractivity contribution in [2.24, 2.45) is 0 Å². The molecule has 28 heavy (non-hydrogen) atoms. The van der Waals surface area contributed by atoms with Crippen molar-refractivity contribution in [1.82, 2.24) is 10.0 Å². The lowest BCUT2D eigenvalue weighted by Crippen LogP contribution is -2.49. The van der Waals surface area contributed by atoms with Crippen LogP contribution in [0.4, 0.5) is 5.69 Å². The molecule has 0 amide bonds. The van der Waals surface area contributed by atoms with Crippen molar-refractivity contribution in [1.29, 1.82) is 0 Å². The average molecular weight is 383 g/mol. The third kappa shape index (κ3) is 5.07. The van der Waals surface area contributed by atoms with Crippen molar-refractivity contribution in [3.63, 3.8) is 0 Å². The number of pyridine rings is 1. The van der Waals surface area contributed by atoms with Crippen LogP contribution in [0.15, 0.2) is 42.5 Å². The molecule has 1 unspecified atom stereocenters. The molecule has 1 aliphatic rings. The third-order valence-electron chi connectivity index (χ3n) is 4.47. The van der Waals surface area contributed by atoms with Gasteiger partial charge in [-0.25, -0.2) is 4.79 Å². The molecule has 7 nitrogen and oxygen atoms in total. The molecular weight excluding hydrogens is 358 g/mol. The number of ketones is 1. The van der Waals surface area contributed by atoms with Crippen LogP contribution >= 0.6 is 0 Å². The van der Waals surface area contributed by atoms with Gasteiger partial charge in [0.25, 0.3) is 6.10 Å². The third-order valence-corrected chi connectivity index (χ3v) is 4.47. The van der Waals surface area contributed by atoms with E-state index < -0.39 is 17.9 Å². The number of Topliss-reactive ketones (excluding diaryl/α,β-unsaturated/α-hetero) is 1. The predicted molar refractivity (Wildman–Crippen MR) is 105 cm³/mol. The molecule has 1 saturated heterocycles. The fourth-order valence-electron chi connectivity index (χ4n) is 3.14.